The molecule has 1 saturated carbocycles. The van der Waals surface area contributed by atoms with Gasteiger partial charge in [-0.05, 0) is 62.9 Å². The van der Waals surface area contributed by atoms with Crippen molar-refractivity contribution in [1.29, 1.82) is 0 Å². The lowest BCUT2D eigenvalue weighted by atomic mass is 10.1. The SMILES string of the molecule is CCOc1ccccc1N(CCCC(=O)N(Cc1ccc(Br)cc1)[C@H](C)C(=O)NC1CCCC1)S(C)(=O)=O. The van der Waals surface area contributed by atoms with Crippen molar-refractivity contribution < 1.29 is 22.7 Å². The van der Waals surface area contributed by atoms with Gasteiger partial charge in [-0.2, -0.15) is 0 Å². The average Bonchev–Trinajstić information content (AvgIpc) is 3.39. The van der Waals surface area contributed by atoms with E-state index >= 15 is 0 Å². The van der Waals surface area contributed by atoms with Crippen LogP contribution in [0.15, 0.2) is 53.0 Å². The van der Waals surface area contributed by atoms with Gasteiger partial charge in [0.1, 0.15) is 11.8 Å². The van der Waals surface area contributed by atoms with Crippen LogP contribution in [0.5, 0.6) is 5.75 Å². The molecule has 2 aromatic carbocycles. The van der Waals surface area contributed by atoms with Crippen molar-refractivity contribution >= 4 is 43.5 Å². The Balaban J connectivity index is 1.73. The smallest absolute Gasteiger partial charge is 0.242 e. The van der Waals surface area contributed by atoms with Gasteiger partial charge in [0.05, 0.1) is 18.6 Å². The molecule has 0 radical (unpaired) electrons. The number of sulfonamides is 1. The highest BCUT2D eigenvalue weighted by molar-refractivity contribution is 9.10. The Kier molecular flexibility index (Phi) is 11.0. The standard InChI is InChI=1S/C28H38BrN3O5S/c1-4-37-26-13-8-7-12-25(26)32(38(3,35)36)19-9-14-27(33)31(20-22-15-17-23(29)18-16-22)21(2)28(34)30-24-10-5-6-11-24/h7-8,12-13,15-18,21,24H,4-6,9-11,14,19-20H2,1-3H3,(H,30,34)/t21-/m1/s1. The topological polar surface area (TPSA) is 96.0 Å². The fraction of sp³-hybridized carbons (Fsp3) is 0.500. The molecule has 0 aliphatic heterocycles. The summed E-state index contributed by atoms with van der Waals surface area (Å²) in [6, 6.07) is 14.1. The molecule has 8 nitrogen and oxygen atoms in total. The van der Waals surface area contributed by atoms with Crippen LogP contribution in [0.4, 0.5) is 5.69 Å². The fourth-order valence-electron chi connectivity index (χ4n) is 4.68. The van der Waals surface area contributed by atoms with Crippen LogP contribution >= 0.6 is 15.9 Å². The van der Waals surface area contributed by atoms with Crippen molar-refractivity contribution in [1.82, 2.24) is 10.2 Å². The second-order valence-corrected chi connectivity index (χ2v) is 12.5. The lowest BCUT2D eigenvalue weighted by Gasteiger charge is -2.30. The molecule has 3 rings (SSSR count). The summed E-state index contributed by atoms with van der Waals surface area (Å²) < 4.78 is 33.1. The number of carbonyl (C=O) groups is 2. The van der Waals surface area contributed by atoms with Gasteiger partial charge in [-0.1, -0.05) is 53.0 Å². The number of nitrogens with zero attached hydrogens (tertiary/aromatic N) is 2. The quantitative estimate of drug-likeness (QED) is 0.350. The molecule has 1 N–H and O–H groups in total. The van der Waals surface area contributed by atoms with E-state index in [9.17, 15) is 18.0 Å². The second-order valence-electron chi connectivity index (χ2n) is 9.65. The number of amides is 2. The van der Waals surface area contributed by atoms with Gasteiger partial charge in [-0.3, -0.25) is 13.9 Å². The number of hydrogen-bond acceptors (Lipinski definition) is 5. The molecule has 0 heterocycles. The number of anilines is 1. The van der Waals surface area contributed by atoms with E-state index in [4.69, 9.17) is 4.74 Å². The highest BCUT2D eigenvalue weighted by atomic mass is 79.9. The number of benzene rings is 2. The monoisotopic (exact) mass is 607 g/mol. The van der Waals surface area contributed by atoms with E-state index in [-0.39, 0.29) is 37.4 Å². The molecule has 10 heteroatoms. The fourth-order valence-corrected chi connectivity index (χ4v) is 5.92. The summed E-state index contributed by atoms with van der Waals surface area (Å²) in [5, 5.41) is 3.10. The van der Waals surface area contributed by atoms with Gasteiger partial charge in [-0.25, -0.2) is 8.42 Å². The minimum atomic E-state index is -3.61. The van der Waals surface area contributed by atoms with Crippen molar-refractivity contribution in [3.8, 4) is 5.75 Å². The molecule has 2 amide bonds. The van der Waals surface area contributed by atoms with E-state index in [2.05, 4.69) is 21.2 Å². The maximum absolute atomic E-state index is 13.5. The minimum Gasteiger partial charge on any atom is -0.492 e. The van der Waals surface area contributed by atoms with Gasteiger partial charge in [0, 0.05) is 30.0 Å². The van der Waals surface area contributed by atoms with Gasteiger partial charge >= 0.3 is 0 Å². The Morgan fingerprint density at radius 1 is 1.11 bits per heavy atom. The van der Waals surface area contributed by atoms with Crippen molar-refractivity contribution in [2.45, 2.75) is 71.0 Å². The number of hydrogen-bond donors (Lipinski definition) is 1. The van der Waals surface area contributed by atoms with E-state index in [1.807, 2.05) is 31.2 Å². The maximum Gasteiger partial charge on any atom is 0.242 e. The first kappa shape index (κ1) is 30.0. The molecule has 1 aliphatic carbocycles. The third-order valence-electron chi connectivity index (χ3n) is 6.72. The maximum atomic E-state index is 13.5. The normalized spacial score (nSPS) is 14.6. The van der Waals surface area contributed by atoms with Crippen LogP contribution in [0.25, 0.3) is 0 Å². The van der Waals surface area contributed by atoms with E-state index in [0.29, 0.717) is 24.5 Å². The van der Waals surface area contributed by atoms with Gasteiger partial charge in [0.2, 0.25) is 21.8 Å². The second kappa shape index (κ2) is 14.0. The molecule has 38 heavy (non-hydrogen) atoms. The molecule has 208 valence electrons. The Morgan fingerprint density at radius 2 is 1.76 bits per heavy atom. The van der Waals surface area contributed by atoms with E-state index in [0.717, 1.165) is 42.0 Å². The average molecular weight is 609 g/mol. The molecular weight excluding hydrogens is 570 g/mol. The number of nitrogens with one attached hydrogen (secondary N) is 1. The Bertz CT molecular complexity index is 1180. The third-order valence-corrected chi connectivity index (χ3v) is 8.43. The van der Waals surface area contributed by atoms with Crippen molar-refractivity contribution in [3.63, 3.8) is 0 Å². The zero-order chi connectivity index (χ0) is 27.7. The summed E-state index contributed by atoms with van der Waals surface area (Å²) in [5.74, 6) is 0.111. The Labute approximate surface area is 234 Å². The molecular formula is C28H38BrN3O5S. The predicted molar refractivity (Wildman–Crippen MR) is 154 cm³/mol. The lowest BCUT2D eigenvalue weighted by Crippen LogP contribution is -2.49. The number of ether oxygens (including phenoxy) is 1. The summed E-state index contributed by atoms with van der Waals surface area (Å²) in [4.78, 5) is 28.1. The number of carbonyl (C=O) groups excluding carboxylic acids is 2. The highest BCUT2D eigenvalue weighted by Gasteiger charge is 2.29. The first-order chi connectivity index (χ1) is 18.1. The van der Waals surface area contributed by atoms with Crippen LogP contribution in [0.2, 0.25) is 0 Å². The van der Waals surface area contributed by atoms with Crippen LogP contribution in [-0.4, -0.2) is 56.6 Å². The highest BCUT2D eigenvalue weighted by Crippen LogP contribution is 2.30. The first-order valence-corrected chi connectivity index (χ1v) is 15.8. The van der Waals surface area contributed by atoms with Crippen molar-refractivity contribution in [3.05, 3.63) is 58.6 Å². The van der Waals surface area contributed by atoms with Crippen LogP contribution in [0.3, 0.4) is 0 Å². The van der Waals surface area contributed by atoms with Crippen molar-refractivity contribution in [2.75, 3.05) is 23.7 Å². The number of rotatable bonds is 13. The van der Waals surface area contributed by atoms with Crippen LogP contribution in [0, 0.1) is 0 Å². The van der Waals surface area contributed by atoms with E-state index in [1.54, 1.807) is 36.1 Å². The first-order valence-electron chi connectivity index (χ1n) is 13.1. The molecule has 0 aromatic heterocycles. The predicted octanol–water partition coefficient (Wildman–Crippen LogP) is 4.87. The van der Waals surface area contributed by atoms with Crippen molar-refractivity contribution in [2.24, 2.45) is 0 Å². The van der Waals surface area contributed by atoms with Crippen LogP contribution in [0.1, 0.15) is 57.9 Å². The molecule has 2 aromatic rings. The van der Waals surface area contributed by atoms with Gasteiger partial charge in [-0.15, -0.1) is 0 Å². The zero-order valence-corrected chi connectivity index (χ0v) is 24.8. The minimum absolute atomic E-state index is 0.0976. The summed E-state index contributed by atoms with van der Waals surface area (Å²) in [5.41, 5.74) is 1.35. The molecule has 1 fully saturated rings. The Hall–Kier alpha value is -2.59. The van der Waals surface area contributed by atoms with E-state index in [1.165, 1.54) is 4.31 Å². The third kappa shape index (κ3) is 8.46. The Morgan fingerprint density at radius 3 is 2.39 bits per heavy atom. The van der Waals surface area contributed by atoms with E-state index < -0.39 is 16.1 Å². The zero-order valence-electron chi connectivity index (χ0n) is 22.4. The summed E-state index contributed by atoms with van der Waals surface area (Å²) >= 11 is 3.43. The van der Waals surface area contributed by atoms with Gasteiger partial charge in [0.25, 0.3) is 0 Å². The number of halogens is 1. The molecule has 0 bridgehead atoms. The summed E-state index contributed by atoms with van der Waals surface area (Å²) in [6.07, 6.45) is 5.66. The molecule has 1 aliphatic rings. The van der Waals surface area contributed by atoms with Crippen LogP contribution in [-0.2, 0) is 26.2 Å². The van der Waals surface area contributed by atoms with Gasteiger partial charge in [0.15, 0.2) is 0 Å². The number of para-hydroxylation sites is 2. The molecule has 0 saturated heterocycles. The largest absolute Gasteiger partial charge is 0.492 e. The lowest BCUT2D eigenvalue weighted by molar-refractivity contribution is -0.141. The van der Waals surface area contributed by atoms with Gasteiger partial charge < -0.3 is 15.0 Å². The molecule has 1 atom stereocenters. The molecule has 0 spiro atoms. The summed E-state index contributed by atoms with van der Waals surface area (Å²) in [7, 11) is -3.61. The van der Waals surface area contributed by atoms with Crippen LogP contribution < -0.4 is 14.4 Å². The summed E-state index contributed by atoms with van der Waals surface area (Å²) in [6.45, 7) is 4.39. The molecule has 0 unspecified atom stereocenters.